The fraction of sp³-hybridized carbons (Fsp3) is 0.316. The molecule has 1 amide bonds. The van der Waals surface area contributed by atoms with Crippen LogP contribution in [0.25, 0.3) is 0 Å². The molecule has 0 radical (unpaired) electrons. The van der Waals surface area contributed by atoms with E-state index in [4.69, 9.17) is 14.2 Å². The van der Waals surface area contributed by atoms with Crippen LogP contribution in [0.15, 0.2) is 24.3 Å². The van der Waals surface area contributed by atoms with Gasteiger partial charge in [0.05, 0.1) is 19.8 Å². The third-order valence-corrected chi connectivity index (χ3v) is 4.01. The molecule has 0 aliphatic carbocycles. The fourth-order valence-corrected chi connectivity index (χ4v) is 2.56. The first-order valence-electron chi connectivity index (χ1n) is 8.21. The minimum absolute atomic E-state index is 0.121. The van der Waals surface area contributed by atoms with Gasteiger partial charge in [-0.15, -0.1) is 0 Å². The zero-order valence-corrected chi connectivity index (χ0v) is 15.7. The lowest BCUT2D eigenvalue weighted by atomic mass is 10.1. The molecule has 0 atom stereocenters. The number of carbonyl (C=O) groups excluding carboxylic acids is 3. The van der Waals surface area contributed by atoms with Crippen LogP contribution in [0, 0.1) is 13.8 Å². The summed E-state index contributed by atoms with van der Waals surface area (Å²) >= 11 is 0. The van der Waals surface area contributed by atoms with Crippen LogP contribution in [0.5, 0.6) is 5.75 Å². The van der Waals surface area contributed by atoms with E-state index in [1.54, 1.807) is 33.1 Å². The highest BCUT2D eigenvalue weighted by Crippen LogP contribution is 2.19. The highest BCUT2D eigenvalue weighted by atomic mass is 16.5. The highest BCUT2D eigenvalue weighted by molar-refractivity contribution is 5.99. The van der Waals surface area contributed by atoms with Crippen molar-refractivity contribution in [3.8, 4) is 5.75 Å². The lowest BCUT2D eigenvalue weighted by molar-refractivity contribution is -0.124. The van der Waals surface area contributed by atoms with E-state index in [-0.39, 0.29) is 11.3 Å². The maximum absolute atomic E-state index is 12.2. The van der Waals surface area contributed by atoms with Crippen molar-refractivity contribution in [2.75, 3.05) is 20.8 Å². The van der Waals surface area contributed by atoms with E-state index in [1.165, 1.54) is 7.11 Å². The average molecular weight is 374 g/mol. The number of hydrogen-bond donors (Lipinski definition) is 2. The summed E-state index contributed by atoms with van der Waals surface area (Å²) in [5.41, 5.74) is 2.21. The van der Waals surface area contributed by atoms with Gasteiger partial charge < -0.3 is 24.5 Å². The van der Waals surface area contributed by atoms with Crippen LogP contribution in [0.3, 0.4) is 0 Å². The second-order valence-corrected chi connectivity index (χ2v) is 5.82. The number of aromatic nitrogens is 1. The first kappa shape index (κ1) is 20.0. The largest absolute Gasteiger partial charge is 0.497 e. The van der Waals surface area contributed by atoms with Gasteiger partial charge in [-0.05, 0) is 37.1 Å². The summed E-state index contributed by atoms with van der Waals surface area (Å²) in [7, 11) is 2.84. The molecular weight excluding hydrogens is 352 g/mol. The van der Waals surface area contributed by atoms with Crippen molar-refractivity contribution < 1.29 is 28.6 Å². The second-order valence-electron chi connectivity index (χ2n) is 5.82. The lowest BCUT2D eigenvalue weighted by Gasteiger charge is -2.07. The Morgan fingerprint density at radius 2 is 1.70 bits per heavy atom. The molecule has 2 rings (SSSR count). The van der Waals surface area contributed by atoms with E-state index < -0.39 is 24.5 Å². The molecule has 27 heavy (non-hydrogen) atoms. The van der Waals surface area contributed by atoms with Gasteiger partial charge in [0.1, 0.15) is 11.4 Å². The number of esters is 2. The fourth-order valence-electron chi connectivity index (χ4n) is 2.56. The predicted octanol–water partition coefficient (Wildman–Crippen LogP) is 1.90. The number of H-pyrrole nitrogens is 1. The Morgan fingerprint density at radius 3 is 2.30 bits per heavy atom. The van der Waals surface area contributed by atoms with Crippen molar-refractivity contribution in [1.82, 2.24) is 10.3 Å². The summed E-state index contributed by atoms with van der Waals surface area (Å²) in [5.74, 6) is -0.974. The summed E-state index contributed by atoms with van der Waals surface area (Å²) in [6.45, 7) is 3.13. The van der Waals surface area contributed by atoms with Gasteiger partial charge in [-0.3, -0.25) is 4.79 Å². The molecule has 8 nitrogen and oxygen atoms in total. The molecule has 1 aromatic heterocycles. The Hall–Kier alpha value is -3.29. The molecule has 0 unspecified atom stereocenters. The SMILES string of the molecule is COC(=O)c1c(C)[nH]c(C(=O)OCC(=O)NCc2ccc(OC)cc2)c1C. The van der Waals surface area contributed by atoms with Gasteiger partial charge in [-0.1, -0.05) is 12.1 Å². The summed E-state index contributed by atoms with van der Waals surface area (Å²) in [6, 6.07) is 7.22. The maximum Gasteiger partial charge on any atom is 0.355 e. The van der Waals surface area contributed by atoms with E-state index in [1.807, 2.05) is 12.1 Å². The number of hydrogen-bond acceptors (Lipinski definition) is 6. The maximum atomic E-state index is 12.2. The van der Waals surface area contributed by atoms with Crippen molar-refractivity contribution >= 4 is 17.8 Å². The average Bonchev–Trinajstić information content (AvgIpc) is 2.98. The number of carbonyl (C=O) groups is 3. The molecule has 0 saturated carbocycles. The number of nitrogens with one attached hydrogen (secondary N) is 2. The van der Waals surface area contributed by atoms with Gasteiger partial charge in [0.2, 0.25) is 0 Å². The molecule has 0 aliphatic heterocycles. The van der Waals surface area contributed by atoms with Crippen molar-refractivity contribution in [2.24, 2.45) is 0 Å². The third kappa shape index (κ3) is 4.87. The van der Waals surface area contributed by atoms with Crippen LogP contribution >= 0.6 is 0 Å². The first-order chi connectivity index (χ1) is 12.9. The summed E-state index contributed by atoms with van der Waals surface area (Å²) in [6.07, 6.45) is 0. The van der Waals surface area contributed by atoms with Crippen molar-refractivity contribution in [2.45, 2.75) is 20.4 Å². The Kier molecular flexibility index (Phi) is 6.59. The number of benzene rings is 1. The van der Waals surface area contributed by atoms with E-state index in [2.05, 4.69) is 10.3 Å². The number of aromatic amines is 1. The Bertz CT molecular complexity index is 839. The molecule has 8 heteroatoms. The minimum Gasteiger partial charge on any atom is -0.497 e. The van der Waals surface area contributed by atoms with E-state index >= 15 is 0 Å². The van der Waals surface area contributed by atoms with Gasteiger partial charge >= 0.3 is 11.9 Å². The number of rotatable bonds is 7. The summed E-state index contributed by atoms with van der Waals surface area (Å²) in [4.78, 5) is 38.6. The van der Waals surface area contributed by atoms with Gasteiger partial charge in [0.25, 0.3) is 5.91 Å². The summed E-state index contributed by atoms with van der Waals surface area (Å²) in [5, 5.41) is 2.66. The van der Waals surface area contributed by atoms with Crippen LogP contribution in [0.4, 0.5) is 0 Å². The van der Waals surface area contributed by atoms with Crippen LogP contribution in [0.2, 0.25) is 0 Å². The number of amides is 1. The number of methoxy groups -OCH3 is 2. The van der Waals surface area contributed by atoms with Crippen LogP contribution in [0.1, 0.15) is 37.7 Å². The number of aryl methyl sites for hydroxylation is 1. The molecule has 1 aromatic carbocycles. The minimum atomic E-state index is -0.717. The standard InChI is InChI=1S/C19H22N2O6/c1-11-16(18(23)26-4)12(2)21-17(11)19(24)27-10-15(22)20-9-13-5-7-14(25-3)8-6-13/h5-8,21H,9-10H2,1-4H3,(H,20,22). The van der Waals surface area contributed by atoms with Crippen LogP contribution in [-0.4, -0.2) is 43.7 Å². The zero-order chi connectivity index (χ0) is 20.0. The molecule has 0 bridgehead atoms. The Labute approximate surface area is 156 Å². The molecule has 0 aliphatic rings. The van der Waals surface area contributed by atoms with E-state index in [9.17, 15) is 14.4 Å². The summed E-state index contributed by atoms with van der Waals surface area (Å²) < 4.78 is 14.8. The molecule has 0 fully saturated rings. The van der Waals surface area contributed by atoms with E-state index in [0.717, 1.165) is 11.3 Å². The second kappa shape index (κ2) is 8.88. The molecule has 2 N–H and O–H groups in total. The van der Waals surface area contributed by atoms with Gasteiger partial charge in [-0.25, -0.2) is 9.59 Å². The Balaban J connectivity index is 1.89. The molecular formula is C19H22N2O6. The topological polar surface area (TPSA) is 107 Å². The number of ether oxygens (including phenoxy) is 3. The molecule has 2 aromatic rings. The van der Waals surface area contributed by atoms with Crippen molar-refractivity contribution in [3.63, 3.8) is 0 Å². The monoisotopic (exact) mass is 374 g/mol. The van der Waals surface area contributed by atoms with Gasteiger partial charge in [-0.2, -0.15) is 0 Å². The van der Waals surface area contributed by atoms with Gasteiger partial charge in [0, 0.05) is 12.2 Å². The van der Waals surface area contributed by atoms with Crippen LogP contribution < -0.4 is 10.1 Å². The lowest BCUT2D eigenvalue weighted by Crippen LogP contribution is -2.28. The normalized spacial score (nSPS) is 10.2. The van der Waals surface area contributed by atoms with Crippen LogP contribution in [-0.2, 0) is 20.8 Å². The first-order valence-corrected chi connectivity index (χ1v) is 8.21. The zero-order valence-electron chi connectivity index (χ0n) is 15.7. The smallest absolute Gasteiger partial charge is 0.355 e. The molecule has 0 saturated heterocycles. The van der Waals surface area contributed by atoms with Crippen molar-refractivity contribution in [3.05, 3.63) is 52.3 Å². The molecule has 1 heterocycles. The predicted molar refractivity (Wildman–Crippen MR) is 96.7 cm³/mol. The quantitative estimate of drug-likeness (QED) is 0.717. The molecule has 0 spiro atoms. The van der Waals surface area contributed by atoms with Crippen molar-refractivity contribution in [1.29, 1.82) is 0 Å². The third-order valence-electron chi connectivity index (χ3n) is 4.01. The van der Waals surface area contributed by atoms with Gasteiger partial charge in [0.15, 0.2) is 6.61 Å². The Morgan fingerprint density at radius 1 is 1.04 bits per heavy atom. The highest BCUT2D eigenvalue weighted by Gasteiger charge is 2.23. The van der Waals surface area contributed by atoms with E-state index in [0.29, 0.717) is 17.8 Å². The molecule has 144 valence electrons.